The minimum Gasteiger partial charge on any atom is -0.459 e. The molecule has 0 spiro atoms. The molecule has 2 aromatic rings. The van der Waals surface area contributed by atoms with Crippen molar-refractivity contribution in [3.63, 3.8) is 0 Å². The number of fused-ring (bicyclic) bond motifs is 3. The van der Waals surface area contributed by atoms with Crippen molar-refractivity contribution in [3.05, 3.63) is 71.0 Å². The van der Waals surface area contributed by atoms with E-state index in [1.54, 1.807) is 0 Å². The van der Waals surface area contributed by atoms with Crippen LogP contribution >= 0.6 is 0 Å². The Kier molecular flexibility index (Phi) is 7.54. The SMILES string of the molecule is CN(C(=O)C1=C[C@@H](c2ccc3c(c2)Cc2ccccc2-3)C[C@@H](OCCCCO)O1)C1CCCCC1. The molecule has 2 atom stereocenters. The molecule has 0 bridgehead atoms. The van der Waals surface area contributed by atoms with E-state index in [-0.39, 0.29) is 24.5 Å². The van der Waals surface area contributed by atoms with Gasteiger partial charge in [0.05, 0.1) is 6.61 Å². The molecule has 1 aliphatic heterocycles. The van der Waals surface area contributed by atoms with Gasteiger partial charge in [-0.1, -0.05) is 61.7 Å². The lowest BCUT2D eigenvalue weighted by Gasteiger charge is -2.35. The zero-order valence-electron chi connectivity index (χ0n) is 20.7. The lowest BCUT2D eigenvalue weighted by molar-refractivity contribution is -0.153. The highest BCUT2D eigenvalue weighted by Crippen LogP contribution is 2.40. The van der Waals surface area contributed by atoms with Crippen molar-refractivity contribution in [1.82, 2.24) is 4.90 Å². The highest BCUT2D eigenvalue weighted by atomic mass is 16.7. The third-order valence-electron chi connectivity index (χ3n) is 7.81. The molecule has 0 saturated heterocycles. The van der Waals surface area contributed by atoms with E-state index in [0.717, 1.165) is 25.7 Å². The van der Waals surface area contributed by atoms with Crippen molar-refractivity contribution in [1.29, 1.82) is 0 Å². The van der Waals surface area contributed by atoms with E-state index in [0.29, 0.717) is 25.2 Å². The summed E-state index contributed by atoms with van der Waals surface area (Å²) in [6.45, 7) is 0.669. The van der Waals surface area contributed by atoms with Crippen molar-refractivity contribution >= 4 is 5.91 Å². The van der Waals surface area contributed by atoms with Gasteiger partial charge in [-0.2, -0.15) is 0 Å². The van der Waals surface area contributed by atoms with Crippen LogP contribution in [0.1, 0.15) is 74.0 Å². The van der Waals surface area contributed by atoms with Crippen LogP contribution in [0, 0.1) is 0 Å². The second kappa shape index (κ2) is 11.0. The quantitative estimate of drug-likeness (QED) is 0.434. The van der Waals surface area contributed by atoms with Crippen LogP contribution < -0.4 is 0 Å². The highest BCUT2D eigenvalue weighted by molar-refractivity contribution is 5.92. The zero-order valence-corrected chi connectivity index (χ0v) is 20.7. The van der Waals surface area contributed by atoms with Gasteiger partial charge in [-0.05, 0) is 66.0 Å². The number of allylic oxidation sites excluding steroid dienone is 1. The van der Waals surface area contributed by atoms with Gasteiger partial charge in [0.1, 0.15) is 0 Å². The first-order chi connectivity index (χ1) is 17.1. The standard InChI is InChI=1S/C30H37NO4/c1-31(25-10-3-2-4-11-25)30(33)28-19-23(20-29(35-28)34-16-8-7-15-32)21-13-14-27-24(17-21)18-22-9-5-6-12-26(22)27/h5-6,9,12-14,17,19,23,25,29,32H,2-4,7-8,10-11,15-16,18,20H2,1H3/t23-,29+/m1/s1. The summed E-state index contributed by atoms with van der Waals surface area (Å²) in [5.41, 5.74) is 6.56. The van der Waals surface area contributed by atoms with E-state index < -0.39 is 6.29 Å². The number of aliphatic hydroxyl groups is 1. The predicted molar refractivity (Wildman–Crippen MR) is 137 cm³/mol. The molecule has 2 aromatic carbocycles. The molecule has 186 valence electrons. The Hall–Kier alpha value is -2.63. The molecule has 5 nitrogen and oxygen atoms in total. The van der Waals surface area contributed by atoms with E-state index in [4.69, 9.17) is 14.6 Å². The lowest BCUT2D eigenvalue weighted by atomic mass is 9.90. The fourth-order valence-corrected chi connectivity index (χ4v) is 5.78. The van der Waals surface area contributed by atoms with Crippen molar-refractivity contribution in [3.8, 4) is 11.1 Å². The van der Waals surface area contributed by atoms with Gasteiger partial charge in [-0.3, -0.25) is 4.79 Å². The summed E-state index contributed by atoms with van der Waals surface area (Å²) in [5, 5.41) is 9.09. The Balaban J connectivity index is 1.37. The molecule has 1 N–H and O–H groups in total. The Morgan fingerprint density at radius 1 is 1.06 bits per heavy atom. The molecule has 5 rings (SSSR count). The Morgan fingerprint density at radius 2 is 1.86 bits per heavy atom. The summed E-state index contributed by atoms with van der Waals surface area (Å²) in [7, 11) is 1.91. The molecule has 0 unspecified atom stereocenters. The number of hydrogen-bond donors (Lipinski definition) is 1. The summed E-state index contributed by atoms with van der Waals surface area (Å²) in [6.07, 6.45) is 10.4. The number of unbranched alkanes of at least 4 members (excludes halogenated alkanes) is 1. The van der Waals surface area contributed by atoms with Gasteiger partial charge >= 0.3 is 0 Å². The van der Waals surface area contributed by atoms with Gasteiger partial charge in [0.25, 0.3) is 5.91 Å². The van der Waals surface area contributed by atoms with Crippen molar-refractivity contribution in [2.24, 2.45) is 0 Å². The number of amides is 1. The molecule has 0 aromatic heterocycles. The molecule has 1 fully saturated rings. The molecule has 1 saturated carbocycles. The third kappa shape index (κ3) is 5.31. The maximum absolute atomic E-state index is 13.5. The molecule has 3 aliphatic rings. The van der Waals surface area contributed by atoms with Crippen molar-refractivity contribution in [2.75, 3.05) is 20.3 Å². The number of ether oxygens (including phenoxy) is 2. The fraction of sp³-hybridized carbons (Fsp3) is 0.500. The summed E-state index contributed by atoms with van der Waals surface area (Å²) >= 11 is 0. The summed E-state index contributed by atoms with van der Waals surface area (Å²) in [4.78, 5) is 15.4. The van der Waals surface area contributed by atoms with Gasteiger partial charge < -0.3 is 19.5 Å². The number of rotatable bonds is 8. The van der Waals surface area contributed by atoms with Crippen LogP contribution in [0.5, 0.6) is 0 Å². The van der Waals surface area contributed by atoms with Crippen LogP contribution in [0.3, 0.4) is 0 Å². The number of benzene rings is 2. The smallest absolute Gasteiger partial charge is 0.288 e. The Morgan fingerprint density at radius 3 is 2.69 bits per heavy atom. The molecule has 0 radical (unpaired) electrons. The molecule has 1 amide bonds. The average molecular weight is 476 g/mol. The number of likely N-dealkylation sites (N-methyl/N-ethyl adjacent to an activating group) is 1. The van der Waals surface area contributed by atoms with E-state index in [2.05, 4.69) is 42.5 Å². The monoisotopic (exact) mass is 475 g/mol. The van der Waals surface area contributed by atoms with Crippen LogP contribution in [-0.4, -0.2) is 48.5 Å². The lowest BCUT2D eigenvalue weighted by Crippen LogP contribution is -2.41. The number of carbonyl (C=O) groups is 1. The van der Waals surface area contributed by atoms with Crippen LogP contribution in [0.15, 0.2) is 54.3 Å². The van der Waals surface area contributed by atoms with Crippen LogP contribution in [0.4, 0.5) is 0 Å². The van der Waals surface area contributed by atoms with Crippen molar-refractivity contribution in [2.45, 2.75) is 76.0 Å². The molecule has 5 heteroatoms. The van der Waals surface area contributed by atoms with Crippen LogP contribution in [0.2, 0.25) is 0 Å². The normalized spacial score (nSPS) is 21.6. The second-order valence-corrected chi connectivity index (χ2v) is 10.2. The maximum Gasteiger partial charge on any atom is 0.288 e. The zero-order chi connectivity index (χ0) is 24.2. The van der Waals surface area contributed by atoms with E-state index in [1.807, 2.05) is 18.0 Å². The molecular formula is C30H37NO4. The van der Waals surface area contributed by atoms with E-state index in [9.17, 15) is 4.79 Å². The summed E-state index contributed by atoms with van der Waals surface area (Å²) < 4.78 is 12.2. The summed E-state index contributed by atoms with van der Waals surface area (Å²) in [6, 6.07) is 15.6. The Bertz CT molecular complexity index is 1070. The Labute approximate surface area is 208 Å². The average Bonchev–Trinajstić information content (AvgIpc) is 3.28. The topological polar surface area (TPSA) is 59.0 Å². The number of nitrogens with zero attached hydrogens (tertiary/aromatic N) is 1. The minimum absolute atomic E-state index is 0.0425. The van der Waals surface area contributed by atoms with Crippen LogP contribution in [-0.2, 0) is 20.7 Å². The fourth-order valence-electron chi connectivity index (χ4n) is 5.78. The van der Waals surface area contributed by atoms with E-state index in [1.165, 1.54) is 47.1 Å². The van der Waals surface area contributed by atoms with Crippen LogP contribution in [0.25, 0.3) is 11.1 Å². The van der Waals surface area contributed by atoms with Gasteiger partial charge in [-0.25, -0.2) is 0 Å². The third-order valence-corrected chi connectivity index (χ3v) is 7.81. The van der Waals surface area contributed by atoms with Gasteiger partial charge in [0.15, 0.2) is 5.76 Å². The first-order valence-corrected chi connectivity index (χ1v) is 13.2. The minimum atomic E-state index is -0.465. The number of hydrogen-bond acceptors (Lipinski definition) is 4. The van der Waals surface area contributed by atoms with Crippen molar-refractivity contribution < 1.29 is 19.4 Å². The molecular weight excluding hydrogens is 438 g/mol. The molecule has 1 heterocycles. The maximum atomic E-state index is 13.5. The highest BCUT2D eigenvalue weighted by Gasteiger charge is 2.33. The van der Waals surface area contributed by atoms with E-state index >= 15 is 0 Å². The molecule has 2 aliphatic carbocycles. The predicted octanol–water partition coefficient (Wildman–Crippen LogP) is 5.55. The summed E-state index contributed by atoms with van der Waals surface area (Å²) in [5.74, 6) is 0.420. The largest absolute Gasteiger partial charge is 0.459 e. The second-order valence-electron chi connectivity index (χ2n) is 10.2. The number of carbonyl (C=O) groups excluding carboxylic acids is 1. The molecule has 35 heavy (non-hydrogen) atoms. The first-order valence-electron chi connectivity index (χ1n) is 13.2. The van der Waals surface area contributed by atoms with Gasteiger partial charge in [0.2, 0.25) is 6.29 Å². The number of aliphatic hydroxyl groups excluding tert-OH is 1. The van der Waals surface area contributed by atoms with Gasteiger partial charge in [-0.15, -0.1) is 0 Å². The first kappa shape index (κ1) is 24.1. The van der Waals surface area contributed by atoms with Gasteiger partial charge in [0, 0.05) is 32.0 Å².